The lowest BCUT2D eigenvalue weighted by Gasteiger charge is -2.49. The molecule has 2 aromatic rings. The van der Waals surface area contributed by atoms with Gasteiger partial charge in [0.05, 0.1) is 23.0 Å². The van der Waals surface area contributed by atoms with Crippen LogP contribution in [0.15, 0.2) is 24.3 Å². The highest BCUT2D eigenvalue weighted by Crippen LogP contribution is 2.64. The lowest BCUT2D eigenvalue weighted by atomic mass is 9.70. The summed E-state index contributed by atoms with van der Waals surface area (Å²) < 4.78 is 60.8. The minimum absolute atomic E-state index is 0.00228. The summed E-state index contributed by atoms with van der Waals surface area (Å²) in [4.78, 5) is 5.55. The Bertz CT molecular complexity index is 1350. The number of ether oxygens (including phenoxy) is 2. The van der Waals surface area contributed by atoms with Crippen molar-refractivity contribution in [2.45, 2.75) is 121 Å². The van der Waals surface area contributed by atoms with Crippen LogP contribution in [0.2, 0.25) is 0 Å². The molecule has 2 aliphatic carbocycles. The molecule has 0 amide bonds. The molecular formula is C35H48F3NO3S. The highest BCUT2D eigenvalue weighted by Gasteiger charge is 2.54. The van der Waals surface area contributed by atoms with Gasteiger partial charge in [-0.2, -0.15) is 13.2 Å². The van der Waals surface area contributed by atoms with E-state index >= 15 is 0 Å². The molecule has 4 nitrogen and oxygen atoms in total. The van der Waals surface area contributed by atoms with Gasteiger partial charge in [-0.25, -0.2) is 0 Å². The van der Waals surface area contributed by atoms with E-state index in [1.165, 1.54) is 23.3 Å². The van der Waals surface area contributed by atoms with Crippen molar-refractivity contribution < 1.29 is 26.8 Å². The number of benzene rings is 1. The van der Waals surface area contributed by atoms with Crippen molar-refractivity contribution in [3.05, 3.63) is 63.5 Å². The topological polar surface area (TPSA) is 40.6 Å². The maximum Gasteiger partial charge on any atom is 0.416 e. The molecule has 2 fully saturated rings. The Morgan fingerprint density at radius 1 is 0.953 bits per heavy atom. The fourth-order valence-electron chi connectivity index (χ4n) is 7.59. The molecule has 0 bridgehead atoms. The molecule has 1 saturated carbocycles. The van der Waals surface area contributed by atoms with Gasteiger partial charge in [-0.15, -0.1) is 10.3 Å². The van der Waals surface area contributed by atoms with Crippen molar-refractivity contribution in [2.75, 3.05) is 25.7 Å². The monoisotopic (exact) mass is 619 g/mol. The van der Waals surface area contributed by atoms with E-state index < -0.39 is 33.8 Å². The second-order valence-electron chi connectivity index (χ2n) is 15.3. The van der Waals surface area contributed by atoms with Crippen LogP contribution in [0.4, 0.5) is 13.2 Å². The Hall–Kier alpha value is -1.61. The van der Waals surface area contributed by atoms with Crippen molar-refractivity contribution >= 4 is 10.3 Å². The maximum absolute atomic E-state index is 13.5. The van der Waals surface area contributed by atoms with Crippen LogP contribution < -0.4 is 0 Å². The van der Waals surface area contributed by atoms with Gasteiger partial charge in [0.2, 0.25) is 0 Å². The first kappa shape index (κ1) is 31.4. The second-order valence-corrected chi connectivity index (χ2v) is 19.2. The Morgan fingerprint density at radius 3 is 2.16 bits per heavy atom. The number of halogens is 3. The van der Waals surface area contributed by atoms with E-state index in [2.05, 4.69) is 47.1 Å². The molecular weight excluding hydrogens is 571 g/mol. The Morgan fingerprint density at radius 2 is 1.58 bits per heavy atom. The van der Waals surface area contributed by atoms with E-state index in [1.54, 1.807) is 12.1 Å². The van der Waals surface area contributed by atoms with Gasteiger partial charge in [0.15, 0.2) is 0 Å². The van der Waals surface area contributed by atoms with Gasteiger partial charge < -0.3 is 13.7 Å². The highest BCUT2D eigenvalue weighted by atomic mass is 32.3. The molecule has 1 spiro atoms. The predicted molar refractivity (Wildman–Crippen MR) is 167 cm³/mol. The van der Waals surface area contributed by atoms with Gasteiger partial charge in [0.1, 0.15) is 6.10 Å². The summed E-state index contributed by atoms with van der Waals surface area (Å²) in [6, 6.07) is 5.62. The van der Waals surface area contributed by atoms with Gasteiger partial charge in [-0.1, -0.05) is 59.6 Å². The van der Waals surface area contributed by atoms with Crippen LogP contribution in [0.5, 0.6) is 0 Å². The smallest absolute Gasteiger partial charge is 0.381 e. The maximum atomic E-state index is 13.5. The average molecular weight is 620 g/mol. The third-order valence-electron chi connectivity index (χ3n) is 10.5. The molecule has 2 aliphatic heterocycles. The average Bonchev–Trinajstić information content (AvgIpc) is 3.52. The minimum Gasteiger partial charge on any atom is -0.381 e. The molecule has 238 valence electrons. The first-order valence-electron chi connectivity index (χ1n) is 15.9. The van der Waals surface area contributed by atoms with Crippen LogP contribution in [0.1, 0.15) is 137 Å². The number of alkyl halides is 3. The number of fused-ring (bicyclic) bond motifs is 4. The summed E-state index contributed by atoms with van der Waals surface area (Å²) in [5.74, 6) is 0.228. The van der Waals surface area contributed by atoms with Crippen LogP contribution in [-0.2, 0) is 31.9 Å². The van der Waals surface area contributed by atoms with Gasteiger partial charge >= 0.3 is 6.18 Å². The number of hydrogen-bond donors (Lipinski definition) is 0. The second kappa shape index (κ2) is 10.7. The zero-order chi connectivity index (χ0) is 31.0. The number of nitrogens with zero attached hydrogens (tertiary/aromatic N) is 1. The number of hydrogen-bond acceptors (Lipinski definition) is 4. The van der Waals surface area contributed by atoms with Crippen LogP contribution in [0.3, 0.4) is 0 Å². The molecule has 8 heteroatoms. The molecule has 6 rings (SSSR count). The Labute approximate surface area is 257 Å². The summed E-state index contributed by atoms with van der Waals surface area (Å²) in [5, 5.41) is 0. The van der Waals surface area contributed by atoms with E-state index in [4.69, 9.17) is 18.6 Å². The van der Waals surface area contributed by atoms with E-state index in [-0.39, 0.29) is 22.2 Å². The standard InChI is InChI=1S/C35H48F3NO3S/c1-32(2,3)43(6,7)42-26-21-33(4,5)20-25-27(26)29-28(30(39-25)22-14-18-40-19-15-22)31(41-34(29)16-8-9-17-34)23-10-12-24(13-11-23)35(36,37)38/h10-13,22,26,31H,8-9,14-21H2,1-7H3/t26?,31-/m0/s1. The van der Waals surface area contributed by atoms with Crippen molar-refractivity contribution in [3.8, 4) is 0 Å². The molecule has 2 atom stereocenters. The first-order chi connectivity index (χ1) is 20.0. The van der Waals surface area contributed by atoms with Crippen LogP contribution >= 0.6 is 10.3 Å². The molecule has 43 heavy (non-hydrogen) atoms. The summed E-state index contributed by atoms with van der Waals surface area (Å²) in [6.45, 7) is 12.8. The first-order valence-corrected chi connectivity index (χ1v) is 18.3. The predicted octanol–water partition coefficient (Wildman–Crippen LogP) is 9.69. The zero-order valence-electron chi connectivity index (χ0n) is 26.8. The van der Waals surface area contributed by atoms with Crippen molar-refractivity contribution in [1.29, 1.82) is 0 Å². The summed E-state index contributed by atoms with van der Waals surface area (Å²) >= 11 is 0. The van der Waals surface area contributed by atoms with Crippen LogP contribution in [-0.4, -0.2) is 35.5 Å². The number of rotatable bonds is 4. The van der Waals surface area contributed by atoms with E-state index in [9.17, 15) is 13.2 Å². The molecule has 3 heterocycles. The van der Waals surface area contributed by atoms with Crippen LogP contribution in [0.25, 0.3) is 0 Å². The van der Waals surface area contributed by atoms with E-state index in [1.807, 2.05) is 0 Å². The van der Waals surface area contributed by atoms with E-state index in [0.29, 0.717) is 13.2 Å². The number of aromatic nitrogens is 1. The summed E-state index contributed by atoms with van der Waals surface area (Å²) in [6.07, 6.45) is 7.09. The normalized spacial score (nSPS) is 26.0. The van der Waals surface area contributed by atoms with Crippen molar-refractivity contribution in [2.24, 2.45) is 5.41 Å². The summed E-state index contributed by atoms with van der Waals surface area (Å²) in [7, 11) is -1.45. The summed E-state index contributed by atoms with van der Waals surface area (Å²) in [5.41, 5.74) is 5.46. The molecule has 1 unspecified atom stereocenters. The zero-order valence-corrected chi connectivity index (χ0v) is 27.6. The van der Waals surface area contributed by atoms with Crippen molar-refractivity contribution in [3.63, 3.8) is 0 Å². The molecule has 1 aromatic heterocycles. The fourth-order valence-corrected chi connectivity index (χ4v) is 8.62. The highest BCUT2D eigenvalue weighted by molar-refractivity contribution is 8.29. The Kier molecular flexibility index (Phi) is 7.84. The number of pyridine rings is 1. The van der Waals surface area contributed by atoms with Crippen molar-refractivity contribution in [1.82, 2.24) is 4.98 Å². The molecule has 1 aromatic carbocycles. The molecule has 1 saturated heterocycles. The third-order valence-corrected chi connectivity index (χ3v) is 14.2. The molecule has 4 aliphatic rings. The van der Waals surface area contributed by atoms with E-state index in [0.717, 1.165) is 73.9 Å². The largest absolute Gasteiger partial charge is 0.416 e. The van der Waals surface area contributed by atoms with Gasteiger partial charge in [-0.3, -0.25) is 4.98 Å². The Balaban J connectivity index is 1.59. The lowest BCUT2D eigenvalue weighted by molar-refractivity contribution is -0.137. The third kappa shape index (κ3) is 5.68. The quantitative estimate of drug-likeness (QED) is 0.342. The lowest BCUT2D eigenvalue weighted by Crippen LogP contribution is -2.35. The SMILES string of the molecule is CC1(C)Cc2nc(C3CCOCC3)c3c(c2C(OS(C)(C)C(C)(C)C)C1)C1(CCCC1)O[C@H]3c1ccc(C(F)(F)F)cc1. The van der Waals surface area contributed by atoms with Gasteiger partial charge in [0.25, 0.3) is 0 Å². The van der Waals surface area contributed by atoms with Gasteiger partial charge in [0, 0.05) is 40.7 Å². The fraction of sp³-hybridized carbons (Fsp3) is 0.686. The molecule has 0 radical (unpaired) electrons. The minimum atomic E-state index is -4.38. The molecule has 0 N–H and O–H groups in total. The van der Waals surface area contributed by atoms with Crippen LogP contribution in [0, 0.1) is 5.41 Å². The van der Waals surface area contributed by atoms with Gasteiger partial charge in [-0.05, 0) is 79.7 Å².